The van der Waals surface area contributed by atoms with Crippen LogP contribution in [0.3, 0.4) is 0 Å². The minimum atomic E-state index is -0.172. The second kappa shape index (κ2) is 6.50. The van der Waals surface area contributed by atoms with Crippen molar-refractivity contribution in [2.24, 2.45) is 0 Å². The molecule has 3 rings (SSSR count). The zero-order chi connectivity index (χ0) is 16.4. The van der Waals surface area contributed by atoms with Crippen molar-refractivity contribution in [3.63, 3.8) is 0 Å². The number of carbonyl (C=O) groups excluding carboxylic acids is 1. The Bertz CT molecular complexity index is 745. The van der Waals surface area contributed by atoms with Crippen molar-refractivity contribution >= 4 is 17.5 Å². The fraction of sp³-hybridized carbons (Fsp3) is 0.278. The van der Waals surface area contributed by atoms with Crippen LogP contribution in [-0.4, -0.2) is 20.1 Å². The lowest BCUT2D eigenvalue weighted by Gasteiger charge is -2.16. The molecule has 0 radical (unpaired) electrons. The lowest BCUT2D eigenvalue weighted by Crippen LogP contribution is -2.27. The summed E-state index contributed by atoms with van der Waals surface area (Å²) in [6.45, 7) is 0. The van der Waals surface area contributed by atoms with Gasteiger partial charge in [-0.25, -0.2) is 0 Å². The van der Waals surface area contributed by atoms with Gasteiger partial charge in [-0.05, 0) is 36.1 Å². The Kier molecular flexibility index (Phi) is 4.44. The SMILES string of the molecule is COc1cc(C(=O)N[C@H]2CCc3ccccc32)cc(Cl)c1OC. The number of nitrogens with one attached hydrogen (secondary N) is 1. The molecule has 0 saturated heterocycles. The van der Waals surface area contributed by atoms with Crippen molar-refractivity contribution in [2.75, 3.05) is 14.2 Å². The van der Waals surface area contributed by atoms with Crippen molar-refractivity contribution in [3.05, 3.63) is 58.1 Å². The lowest BCUT2D eigenvalue weighted by atomic mass is 10.1. The summed E-state index contributed by atoms with van der Waals surface area (Å²) in [6, 6.07) is 11.5. The number of carbonyl (C=O) groups is 1. The van der Waals surface area contributed by atoms with E-state index in [1.54, 1.807) is 12.1 Å². The summed E-state index contributed by atoms with van der Waals surface area (Å²) < 4.78 is 10.4. The van der Waals surface area contributed by atoms with Crippen molar-refractivity contribution < 1.29 is 14.3 Å². The van der Waals surface area contributed by atoms with E-state index in [0.717, 1.165) is 12.8 Å². The first-order valence-corrected chi connectivity index (χ1v) is 7.82. The summed E-state index contributed by atoms with van der Waals surface area (Å²) in [5.41, 5.74) is 2.94. The predicted octanol–water partition coefficient (Wildman–Crippen LogP) is 3.77. The average molecular weight is 332 g/mol. The number of hydrogen-bond acceptors (Lipinski definition) is 3. The van der Waals surface area contributed by atoms with E-state index < -0.39 is 0 Å². The Labute approximate surface area is 140 Å². The molecule has 120 valence electrons. The molecule has 2 aromatic carbocycles. The molecule has 1 N–H and O–H groups in total. The molecule has 0 bridgehead atoms. The van der Waals surface area contributed by atoms with Crippen LogP contribution < -0.4 is 14.8 Å². The van der Waals surface area contributed by atoms with Crippen molar-refractivity contribution in [1.82, 2.24) is 5.32 Å². The minimum absolute atomic E-state index is 0.0329. The van der Waals surface area contributed by atoms with Crippen LogP contribution in [0.2, 0.25) is 5.02 Å². The first kappa shape index (κ1) is 15.7. The van der Waals surface area contributed by atoms with Crippen LogP contribution in [0.4, 0.5) is 0 Å². The number of ether oxygens (including phenoxy) is 2. The molecule has 0 spiro atoms. The van der Waals surface area contributed by atoms with Gasteiger partial charge in [0.15, 0.2) is 11.5 Å². The molecule has 0 fully saturated rings. The van der Waals surface area contributed by atoms with Gasteiger partial charge < -0.3 is 14.8 Å². The summed E-state index contributed by atoms with van der Waals surface area (Å²) >= 11 is 6.17. The third kappa shape index (κ3) is 2.99. The maximum atomic E-state index is 12.6. The third-order valence-corrected chi connectivity index (χ3v) is 4.41. The molecule has 0 aliphatic heterocycles. The number of aryl methyl sites for hydroxylation is 1. The van der Waals surface area contributed by atoms with Gasteiger partial charge in [-0.1, -0.05) is 35.9 Å². The van der Waals surface area contributed by atoms with Gasteiger partial charge >= 0.3 is 0 Å². The monoisotopic (exact) mass is 331 g/mol. The van der Waals surface area contributed by atoms with Gasteiger partial charge in [0.25, 0.3) is 5.91 Å². The highest BCUT2D eigenvalue weighted by Gasteiger charge is 2.24. The Balaban J connectivity index is 1.83. The zero-order valence-corrected chi connectivity index (χ0v) is 13.8. The van der Waals surface area contributed by atoms with E-state index in [1.807, 2.05) is 12.1 Å². The standard InChI is InChI=1S/C18H18ClNO3/c1-22-16-10-12(9-14(19)17(16)23-2)18(21)20-15-8-7-11-5-3-4-6-13(11)15/h3-6,9-10,15H,7-8H2,1-2H3,(H,20,21)/t15-/m0/s1. The second-order valence-electron chi connectivity index (χ2n) is 5.46. The molecule has 5 heteroatoms. The van der Waals surface area contributed by atoms with Crippen LogP contribution in [0.15, 0.2) is 36.4 Å². The van der Waals surface area contributed by atoms with E-state index in [0.29, 0.717) is 22.1 Å². The number of benzene rings is 2. The molecule has 0 unspecified atom stereocenters. The molecule has 1 aliphatic rings. The van der Waals surface area contributed by atoms with Crippen LogP contribution in [0.25, 0.3) is 0 Å². The highest BCUT2D eigenvalue weighted by atomic mass is 35.5. The van der Waals surface area contributed by atoms with E-state index in [4.69, 9.17) is 21.1 Å². The summed E-state index contributed by atoms with van der Waals surface area (Å²) in [5.74, 6) is 0.698. The summed E-state index contributed by atoms with van der Waals surface area (Å²) in [4.78, 5) is 12.6. The maximum absolute atomic E-state index is 12.6. The number of amides is 1. The molecule has 4 nitrogen and oxygen atoms in total. The van der Waals surface area contributed by atoms with E-state index in [9.17, 15) is 4.79 Å². The third-order valence-electron chi connectivity index (χ3n) is 4.13. The molecular weight excluding hydrogens is 314 g/mol. The summed E-state index contributed by atoms with van der Waals surface area (Å²) in [7, 11) is 3.03. The highest BCUT2D eigenvalue weighted by Crippen LogP contribution is 2.36. The van der Waals surface area contributed by atoms with E-state index >= 15 is 0 Å². The smallest absolute Gasteiger partial charge is 0.251 e. The van der Waals surface area contributed by atoms with Gasteiger partial charge in [0.1, 0.15) is 0 Å². The topological polar surface area (TPSA) is 47.6 Å². The summed E-state index contributed by atoms with van der Waals surface area (Å²) in [5, 5.41) is 3.42. The fourth-order valence-electron chi connectivity index (χ4n) is 3.00. The quantitative estimate of drug-likeness (QED) is 0.927. The highest BCUT2D eigenvalue weighted by molar-refractivity contribution is 6.32. The maximum Gasteiger partial charge on any atom is 0.251 e. The largest absolute Gasteiger partial charge is 0.493 e. The van der Waals surface area contributed by atoms with Crippen LogP contribution in [0.5, 0.6) is 11.5 Å². The molecule has 23 heavy (non-hydrogen) atoms. The van der Waals surface area contributed by atoms with Gasteiger partial charge in [-0.3, -0.25) is 4.79 Å². The fourth-order valence-corrected chi connectivity index (χ4v) is 3.29. The number of fused-ring (bicyclic) bond motifs is 1. The molecule has 1 amide bonds. The number of methoxy groups -OCH3 is 2. The molecule has 0 aromatic heterocycles. The Morgan fingerprint density at radius 3 is 2.74 bits per heavy atom. The lowest BCUT2D eigenvalue weighted by molar-refractivity contribution is 0.0936. The number of halogens is 1. The second-order valence-corrected chi connectivity index (χ2v) is 5.86. The molecule has 0 heterocycles. The Morgan fingerprint density at radius 1 is 1.22 bits per heavy atom. The number of rotatable bonds is 4. The van der Waals surface area contributed by atoms with E-state index in [-0.39, 0.29) is 11.9 Å². The van der Waals surface area contributed by atoms with Crippen LogP contribution >= 0.6 is 11.6 Å². The summed E-state index contributed by atoms with van der Waals surface area (Å²) in [6.07, 6.45) is 1.89. The molecular formula is C18H18ClNO3. The first-order chi connectivity index (χ1) is 11.1. The Hall–Kier alpha value is -2.20. The van der Waals surface area contributed by atoms with Crippen LogP contribution in [0, 0.1) is 0 Å². The first-order valence-electron chi connectivity index (χ1n) is 7.44. The van der Waals surface area contributed by atoms with Gasteiger partial charge in [0, 0.05) is 5.56 Å². The van der Waals surface area contributed by atoms with Crippen molar-refractivity contribution in [3.8, 4) is 11.5 Å². The predicted molar refractivity (Wildman–Crippen MR) is 89.5 cm³/mol. The van der Waals surface area contributed by atoms with E-state index in [1.165, 1.54) is 25.3 Å². The molecule has 1 atom stereocenters. The molecule has 1 aliphatic carbocycles. The Morgan fingerprint density at radius 2 is 2.00 bits per heavy atom. The van der Waals surface area contributed by atoms with Crippen LogP contribution in [-0.2, 0) is 6.42 Å². The molecule has 2 aromatic rings. The van der Waals surface area contributed by atoms with Crippen molar-refractivity contribution in [1.29, 1.82) is 0 Å². The van der Waals surface area contributed by atoms with Gasteiger partial charge in [-0.2, -0.15) is 0 Å². The molecule has 0 saturated carbocycles. The van der Waals surface area contributed by atoms with Gasteiger partial charge in [-0.15, -0.1) is 0 Å². The van der Waals surface area contributed by atoms with Crippen LogP contribution in [0.1, 0.15) is 33.9 Å². The zero-order valence-electron chi connectivity index (χ0n) is 13.1. The minimum Gasteiger partial charge on any atom is -0.493 e. The van der Waals surface area contributed by atoms with Crippen molar-refractivity contribution in [2.45, 2.75) is 18.9 Å². The normalized spacial score (nSPS) is 15.9. The number of hydrogen-bond donors (Lipinski definition) is 1. The average Bonchev–Trinajstić information content (AvgIpc) is 2.97. The van der Waals surface area contributed by atoms with E-state index in [2.05, 4.69) is 17.4 Å². The van der Waals surface area contributed by atoms with Gasteiger partial charge in [0.05, 0.1) is 25.3 Å². The van der Waals surface area contributed by atoms with Gasteiger partial charge in [0.2, 0.25) is 0 Å².